The molecule has 3 aromatic rings. The quantitative estimate of drug-likeness (QED) is 0.123. The Morgan fingerprint density at radius 2 is 1.15 bits per heavy atom. The summed E-state index contributed by atoms with van der Waals surface area (Å²) in [6.45, 7) is 14.1. The van der Waals surface area contributed by atoms with Crippen LogP contribution in [0.2, 0.25) is 0 Å². The van der Waals surface area contributed by atoms with Crippen molar-refractivity contribution in [2.75, 3.05) is 51.0 Å². The van der Waals surface area contributed by atoms with E-state index in [4.69, 9.17) is 4.74 Å². The van der Waals surface area contributed by atoms with Crippen LogP contribution in [-0.4, -0.2) is 98.6 Å². The van der Waals surface area contributed by atoms with Crippen LogP contribution in [0.4, 0.5) is 21.0 Å². The van der Waals surface area contributed by atoms with E-state index in [0.29, 0.717) is 43.3 Å². The van der Waals surface area contributed by atoms with Crippen molar-refractivity contribution >= 4 is 47.7 Å². The summed E-state index contributed by atoms with van der Waals surface area (Å²) in [5, 5.41) is 10.8. The molecule has 0 aromatic heterocycles. The van der Waals surface area contributed by atoms with Crippen molar-refractivity contribution in [1.82, 2.24) is 20.4 Å². The molecule has 0 radical (unpaired) electrons. The molecular weight excluding hydrogens is 849 g/mol. The van der Waals surface area contributed by atoms with E-state index in [-0.39, 0.29) is 42.0 Å². The first-order chi connectivity index (χ1) is 32.4. The monoisotopic (exact) mass is 925 g/mol. The number of carbonyl (C=O) groups is 6. The van der Waals surface area contributed by atoms with Crippen molar-refractivity contribution in [2.45, 2.75) is 142 Å². The molecule has 4 N–H and O–H groups in total. The van der Waals surface area contributed by atoms with Crippen LogP contribution in [0, 0.1) is 5.92 Å². The standard InChI is InChI=1S/C40H48N4O5.C8H14N2O3.C3H8.C2H6/c1-25(2)37(43-40(48)49-3)39(47)44-23-7-10-33(44)38(46)42-32-21-17-30(18-22-32)36-34(35(36)29-15-19-31(20-16-29)41-24-45)28-13-11-27(12-14-28)26-8-5-4-6-9-26;1-13-8(12)9-6-7(11)10-4-2-3-5-10;1-3-2;1-2/h11-22,24-26,33-37H,4-10,23H2,1-3H3,(H,41,45)(H,42,46)(H,43,48);2-6H2,1H3,(H,9,12);3H2,1-2H3;1-2H3. The highest BCUT2D eigenvalue weighted by molar-refractivity contribution is 5.98. The SMILES string of the molecule is CC.CCC.COC(=O)NC(C(=O)N1CCCC1C(=O)Nc1ccc(C2C(c3ccc(NC=O)cc3)C2c2ccc(C3CCCCC3)cc2)cc1)C(C)C.COC(=O)NCC(=O)N1CCCC1. The number of hydrogen-bond donors (Lipinski definition) is 4. The first-order valence-electron chi connectivity index (χ1n) is 24.5. The first kappa shape index (κ1) is 53.7. The van der Waals surface area contributed by atoms with Crippen LogP contribution in [0.25, 0.3) is 0 Å². The lowest BCUT2D eigenvalue weighted by Gasteiger charge is -2.30. The zero-order chi connectivity index (χ0) is 48.9. The number of rotatable bonds is 13. The fourth-order valence-corrected chi connectivity index (χ4v) is 9.34. The number of nitrogens with one attached hydrogen (secondary N) is 4. The van der Waals surface area contributed by atoms with E-state index in [9.17, 15) is 28.8 Å². The Labute approximate surface area is 398 Å². The molecule has 6 amide bonds. The third kappa shape index (κ3) is 15.3. The second kappa shape index (κ2) is 27.7. The van der Waals surface area contributed by atoms with Gasteiger partial charge in [0.15, 0.2) is 0 Å². The molecule has 4 aliphatic rings. The van der Waals surface area contributed by atoms with Gasteiger partial charge in [0, 0.05) is 31.0 Å². The molecule has 2 saturated carbocycles. The predicted molar refractivity (Wildman–Crippen MR) is 264 cm³/mol. The number of hydrogen-bond acceptors (Lipinski definition) is 8. The van der Waals surface area contributed by atoms with Crippen molar-refractivity contribution in [3.05, 3.63) is 95.1 Å². The molecule has 2 aliphatic heterocycles. The number of nitrogens with zero attached hydrogens (tertiary/aromatic N) is 2. The third-order valence-corrected chi connectivity index (χ3v) is 12.8. The number of likely N-dealkylation sites (tertiary alicyclic amines) is 2. The van der Waals surface area contributed by atoms with Crippen LogP contribution in [0.15, 0.2) is 72.8 Å². The van der Waals surface area contributed by atoms with Gasteiger partial charge in [0.1, 0.15) is 18.6 Å². The van der Waals surface area contributed by atoms with E-state index in [0.717, 1.165) is 31.6 Å². The number of methoxy groups -OCH3 is 2. The second-order valence-electron chi connectivity index (χ2n) is 17.8. The van der Waals surface area contributed by atoms with Gasteiger partial charge in [-0.1, -0.05) is 116 Å². The summed E-state index contributed by atoms with van der Waals surface area (Å²) in [5.41, 5.74) is 6.65. The summed E-state index contributed by atoms with van der Waals surface area (Å²) < 4.78 is 9.06. The van der Waals surface area contributed by atoms with E-state index >= 15 is 0 Å². The predicted octanol–water partition coefficient (Wildman–Crippen LogP) is 9.68. The molecular formula is C53H76N6O8. The number of anilines is 2. The van der Waals surface area contributed by atoms with E-state index < -0.39 is 24.3 Å². The number of amides is 6. The average molecular weight is 925 g/mol. The zero-order valence-corrected chi connectivity index (χ0v) is 41.1. The molecule has 14 nitrogen and oxygen atoms in total. The fourth-order valence-electron chi connectivity index (χ4n) is 9.34. The van der Waals surface area contributed by atoms with E-state index in [1.807, 2.05) is 52.0 Å². The van der Waals surface area contributed by atoms with Crippen molar-refractivity contribution in [3.63, 3.8) is 0 Å². The van der Waals surface area contributed by atoms with E-state index in [2.05, 4.69) is 88.4 Å². The van der Waals surface area contributed by atoms with Crippen LogP contribution in [0.3, 0.4) is 0 Å². The minimum absolute atomic E-state index is 0.0344. The molecule has 4 fully saturated rings. The fraction of sp³-hybridized carbons (Fsp3) is 0.547. The van der Waals surface area contributed by atoms with Crippen molar-refractivity contribution < 1.29 is 38.2 Å². The molecule has 5 atom stereocenters. The Morgan fingerprint density at radius 3 is 1.64 bits per heavy atom. The zero-order valence-electron chi connectivity index (χ0n) is 41.1. The maximum Gasteiger partial charge on any atom is 0.407 e. The highest BCUT2D eigenvalue weighted by Gasteiger charge is 2.52. The Kier molecular flexibility index (Phi) is 22.2. The molecule has 2 aliphatic carbocycles. The molecule has 67 heavy (non-hydrogen) atoms. The van der Waals surface area contributed by atoms with Gasteiger partial charge in [-0.2, -0.15) is 0 Å². The summed E-state index contributed by atoms with van der Waals surface area (Å²) in [6, 6.07) is 24.1. The van der Waals surface area contributed by atoms with Gasteiger partial charge in [-0.15, -0.1) is 0 Å². The molecule has 2 saturated heterocycles. The smallest absolute Gasteiger partial charge is 0.407 e. The lowest BCUT2D eigenvalue weighted by atomic mass is 9.83. The first-order valence-corrected chi connectivity index (χ1v) is 24.5. The van der Waals surface area contributed by atoms with Crippen molar-refractivity contribution in [2.24, 2.45) is 5.92 Å². The summed E-state index contributed by atoms with van der Waals surface area (Å²) in [5.74, 6) is 0.824. The Morgan fingerprint density at radius 1 is 0.657 bits per heavy atom. The van der Waals surface area contributed by atoms with Crippen LogP contribution in [0.1, 0.15) is 152 Å². The summed E-state index contributed by atoms with van der Waals surface area (Å²) >= 11 is 0. The van der Waals surface area contributed by atoms with Gasteiger partial charge in [-0.3, -0.25) is 19.2 Å². The van der Waals surface area contributed by atoms with Gasteiger partial charge < -0.3 is 40.5 Å². The van der Waals surface area contributed by atoms with Crippen molar-refractivity contribution in [1.29, 1.82) is 0 Å². The number of ether oxygens (including phenoxy) is 2. The average Bonchev–Trinajstić information content (AvgIpc) is 3.63. The lowest BCUT2D eigenvalue weighted by molar-refractivity contribution is -0.139. The van der Waals surface area contributed by atoms with Gasteiger partial charge in [-0.25, -0.2) is 9.59 Å². The molecule has 2 heterocycles. The van der Waals surface area contributed by atoms with Gasteiger partial charge in [-0.05, 0) is 115 Å². The minimum Gasteiger partial charge on any atom is -0.453 e. The molecule has 7 rings (SSSR count). The number of benzene rings is 3. The Balaban J connectivity index is 0.000000460. The molecule has 5 unspecified atom stereocenters. The Bertz CT molecular complexity index is 2010. The lowest BCUT2D eigenvalue weighted by Crippen LogP contribution is -2.54. The van der Waals surface area contributed by atoms with Gasteiger partial charge in [0.25, 0.3) is 0 Å². The maximum atomic E-state index is 13.5. The van der Waals surface area contributed by atoms with Crippen LogP contribution in [0.5, 0.6) is 0 Å². The minimum atomic E-state index is -0.777. The summed E-state index contributed by atoms with van der Waals surface area (Å²) in [4.78, 5) is 75.0. The second-order valence-corrected chi connectivity index (χ2v) is 17.8. The van der Waals surface area contributed by atoms with Gasteiger partial charge >= 0.3 is 12.2 Å². The molecule has 0 spiro atoms. The van der Waals surface area contributed by atoms with Gasteiger partial charge in [0.2, 0.25) is 24.1 Å². The Hall–Kier alpha value is -5.92. The molecule has 366 valence electrons. The molecule has 0 bridgehead atoms. The largest absolute Gasteiger partial charge is 0.453 e. The molecule has 3 aromatic carbocycles. The van der Waals surface area contributed by atoms with E-state index in [1.54, 1.807) is 9.80 Å². The highest BCUT2D eigenvalue weighted by Crippen LogP contribution is 2.66. The van der Waals surface area contributed by atoms with Crippen LogP contribution >= 0.6 is 0 Å². The summed E-state index contributed by atoms with van der Waals surface area (Å²) in [6.07, 6.45) is 10.6. The van der Waals surface area contributed by atoms with E-state index in [1.165, 1.54) is 75.0 Å². The van der Waals surface area contributed by atoms with Gasteiger partial charge in [0.05, 0.1) is 14.2 Å². The molecule has 14 heteroatoms. The third-order valence-electron chi connectivity index (χ3n) is 12.8. The highest BCUT2D eigenvalue weighted by atomic mass is 16.5. The number of carbonyl (C=O) groups excluding carboxylic acids is 6. The van der Waals surface area contributed by atoms with Crippen molar-refractivity contribution in [3.8, 4) is 0 Å². The maximum absolute atomic E-state index is 13.5. The topological polar surface area (TPSA) is 175 Å². The summed E-state index contributed by atoms with van der Waals surface area (Å²) in [7, 11) is 2.54. The van der Waals surface area contributed by atoms with Crippen LogP contribution in [-0.2, 0) is 28.7 Å². The normalized spacial score (nSPS) is 20.0. The number of alkyl carbamates (subject to hydrolysis) is 2. The van der Waals surface area contributed by atoms with Crippen LogP contribution < -0.4 is 21.3 Å².